The summed E-state index contributed by atoms with van der Waals surface area (Å²) in [5.41, 5.74) is 0. The fourth-order valence-electron chi connectivity index (χ4n) is 2.45. The Morgan fingerprint density at radius 1 is 1.14 bits per heavy atom. The van der Waals surface area contributed by atoms with Gasteiger partial charge < -0.3 is 5.32 Å². The minimum absolute atomic E-state index is 0.0149. The summed E-state index contributed by atoms with van der Waals surface area (Å²) in [5, 5.41) is 5.15. The lowest BCUT2D eigenvalue weighted by atomic mass is 9.72. The van der Waals surface area contributed by atoms with Crippen LogP contribution in [0.2, 0.25) is 0 Å². The van der Waals surface area contributed by atoms with Gasteiger partial charge in [0.15, 0.2) is 0 Å². The van der Waals surface area contributed by atoms with Crippen LogP contribution in [-0.4, -0.2) is 18.0 Å². The molecule has 2 N–H and O–H groups in total. The summed E-state index contributed by atoms with van der Waals surface area (Å²) in [7, 11) is 0. The molecule has 2 fully saturated rings. The molecule has 4 atom stereocenters. The molecule has 0 aromatic rings. The maximum atomic E-state index is 11.5. The highest BCUT2D eigenvalue weighted by atomic mass is 16.2. The quantitative estimate of drug-likeness (QED) is 0.604. The number of nitrogens with one attached hydrogen (secondary N) is 2. The van der Waals surface area contributed by atoms with E-state index in [-0.39, 0.29) is 23.9 Å². The maximum absolute atomic E-state index is 11.5. The molecule has 3 amide bonds. The summed E-state index contributed by atoms with van der Waals surface area (Å²) in [6, 6.07) is -0.277. The summed E-state index contributed by atoms with van der Waals surface area (Å²) in [5.74, 6) is 1.04. The summed E-state index contributed by atoms with van der Waals surface area (Å²) >= 11 is 0. The second-order valence-electron chi connectivity index (χ2n) is 4.60. The average molecular weight is 196 g/mol. The molecule has 1 aliphatic carbocycles. The van der Waals surface area contributed by atoms with Crippen LogP contribution in [-0.2, 0) is 4.79 Å². The van der Waals surface area contributed by atoms with Gasteiger partial charge in [-0.05, 0) is 24.7 Å². The van der Waals surface area contributed by atoms with E-state index in [1.165, 1.54) is 0 Å². The van der Waals surface area contributed by atoms with Crippen molar-refractivity contribution in [1.29, 1.82) is 0 Å². The van der Waals surface area contributed by atoms with Crippen molar-refractivity contribution in [1.82, 2.24) is 10.6 Å². The van der Waals surface area contributed by atoms with Crippen LogP contribution in [0.3, 0.4) is 0 Å². The molecule has 0 radical (unpaired) electrons. The number of rotatable bonds is 0. The van der Waals surface area contributed by atoms with Crippen LogP contribution >= 0.6 is 0 Å². The van der Waals surface area contributed by atoms with E-state index in [2.05, 4.69) is 24.5 Å². The first kappa shape index (κ1) is 9.49. The minimum Gasteiger partial charge on any atom is -0.334 e. The van der Waals surface area contributed by atoms with Crippen molar-refractivity contribution in [2.45, 2.75) is 32.7 Å². The second-order valence-corrected chi connectivity index (χ2v) is 4.60. The van der Waals surface area contributed by atoms with Gasteiger partial charge in [0.1, 0.15) is 0 Å². The Kier molecular flexibility index (Phi) is 2.21. The predicted octanol–water partition coefficient (Wildman–Crippen LogP) is 0.877. The van der Waals surface area contributed by atoms with Gasteiger partial charge in [0, 0.05) is 6.04 Å². The molecule has 1 aliphatic heterocycles. The van der Waals surface area contributed by atoms with Gasteiger partial charge in [0.05, 0.1) is 5.92 Å². The molecule has 14 heavy (non-hydrogen) atoms. The fourth-order valence-corrected chi connectivity index (χ4v) is 2.45. The van der Waals surface area contributed by atoms with Crippen LogP contribution in [0.4, 0.5) is 4.79 Å². The standard InChI is InChI=1S/C10H16N2O2/c1-5-3-7-8(4-6(5)2)11-10(14)12-9(7)13/h5-8H,3-4H2,1-2H3,(H2,11,12,13,14). The van der Waals surface area contributed by atoms with E-state index < -0.39 is 0 Å². The van der Waals surface area contributed by atoms with Crippen LogP contribution in [0.5, 0.6) is 0 Å². The van der Waals surface area contributed by atoms with Gasteiger partial charge in [-0.1, -0.05) is 13.8 Å². The number of carbonyl (C=O) groups is 2. The van der Waals surface area contributed by atoms with E-state index in [4.69, 9.17) is 0 Å². The Morgan fingerprint density at radius 2 is 1.79 bits per heavy atom. The Balaban J connectivity index is 2.13. The molecular formula is C10H16N2O2. The zero-order valence-corrected chi connectivity index (χ0v) is 8.54. The molecule has 4 heteroatoms. The molecule has 78 valence electrons. The molecule has 4 nitrogen and oxygen atoms in total. The van der Waals surface area contributed by atoms with Crippen molar-refractivity contribution in [2.24, 2.45) is 17.8 Å². The first-order chi connectivity index (χ1) is 6.58. The van der Waals surface area contributed by atoms with Crippen LogP contribution < -0.4 is 10.6 Å². The van der Waals surface area contributed by atoms with Crippen molar-refractivity contribution < 1.29 is 9.59 Å². The lowest BCUT2D eigenvalue weighted by Gasteiger charge is -2.40. The molecule has 2 rings (SSSR count). The third-order valence-corrected chi connectivity index (χ3v) is 3.60. The van der Waals surface area contributed by atoms with Gasteiger partial charge in [-0.2, -0.15) is 0 Å². The van der Waals surface area contributed by atoms with E-state index >= 15 is 0 Å². The van der Waals surface area contributed by atoms with E-state index in [0.29, 0.717) is 11.8 Å². The van der Waals surface area contributed by atoms with Gasteiger partial charge in [-0.25, -0.2) is 4.79 Å². The highest BCUT2D eigenvalue weighted by Crippen LogP contribution is 2.34. The third-order valence-electron chi connectivity index (χ3n) is 3.60. The summed E-state index contributed by atoms with van der Waals surface area (Å²) in [6.07, 6.45) is 1.81. The van der Waals surface area contributed by atoms with Crippen molar-refractivity contribution in [3.8, 4) is 0 Å². The summed E-state index contributed by atoms with van der Waals surface area (Å²) < 4.78 is 0. The summed E-state index contributed by atoms with van der Waals surface area (Å²) in [4.78, 5) is 22.6. The highest BCUT2D eigenvalue weighted by Gasteiger charge is 2.41. The first-order valence-electron chi connectivity index (χ1n) is 5.19. The van der Waals surface area contributed by atoms with Gasteiger partial charge in [0.2, 0.25) is 5.91 Å². The minimum atomic E-state index is -0.335. The average Bonchev–Trinajstić information content (AvgIpc) is 2.08. The largest absolute Gasteiger partial charge is 0.334 e. The smallest absolute Gasteiger partial charge is 0.321 e. The monoisotopic (exact) mass is 196 g/mol. The number of hydrogen-bond acceptors (Lipinski definition) is 2. The number of fused-ring (bicyclic) bond motifs is 1. The highest BCUT2D eigenvalue weighted by molar-refractivity contribution is 5.98. The van der Waals surface area contributed by atoms with Gasteiger partial charge >= 0.3 is 6.03 Å². The fraction of sp³-hybridized carbons (Fsp3) is 0.800. The van der Waals surface area contributed by atoms with Gasteiger partial charge in [-0.3, -0.25) is 10.1 Å². The Hall–Kier alpha value is -1.06. The van der Waals surface area contributed by atoms with E-state index in [0.717, 1.165) is 12.8 Å². The molecule has 4 unspecified atom stereocenters. The number of amides is 3. The zero-order chi connectivity index (χ0) is 10.3. The molecule has 0 spiro atoms. The molecule has 0 aromatic heterocycles. The predicted molar refractivity (Wildman–Crippen MR) is 51.5 cm³/mol. The van der Waals surface area contributed by atoms with Crippen molar-refractivity contribution in [3.05, 3.63) is 0 Å². The van der Waals surface area contributed by atoms with E-state index in [1.807, 2.05) is 0 Å². The third kappa shape index (κ3) is 1.49. The SMILES string of the molecule is CC1CC2NC(=O)NC(=O)C2CC1C. The van der Waals surface area contributed by atoms with Crippen molar-refractivity contribution in [2.75, 3.05) is 0 Å². The Bertz CT molecular complexity index is 277. The van der Waals surface area contributed by atoms with Crippen molar-refractivity contribution in [3.63, 3.8) is 0 Å². The van der Waals surface area contributed by atoms with Crippen LogP contribution in [0.15, 0.2) is 0 Å². The topological polar surface area (TPSA) is 58.2 Å². The van der Waals surface area contributed by atoms with Gasteiger partial charge in [0.25, 0.3) is 0 Å². The first-order valence-corrected chi connectivity index (χ1v) is 5.19. The van der Waals surface area contributed by atoms with Gasteiger partial charge in [-0.15, -0.1) is 0 Å². The maximum Gasteiger partial charge on any atom is 0.321 e. The van der Waals surface area contributed by atoms with E-state index in [9.17, 15) is 9.59 Å². The van der Waals surface area contributed by atoms with Crippen LogP contribution in [0, 0.1) is 17.8 Å². The molecular weight excluding hydrogens is 180 g/mol. The lowest BCUT2D eigenvalue weighted by molar-refractivity contribution is -0.127. The number of urea groups is 1. The van der Waals surface area contributed by atoms with Crippen LogP contribution in [0.25, 0.3) is 0 Å². The lowest BCUT2D eigenvalue weighted by Crippen LogP contribution is -2.60. The van der Waals surface area contributed by atoms with Crippen molar-refractivity contribution >= 4 is 11.9 Å². The normalized spacial score (nSPS) is 42.4. The molecule has 1 heterocycles. The molecule has 2 aliphatic rings. The number of imide groups is 1. The molecule has 1 saturated heterocycles. The second kappa shape index (κ2) is 3.26. The molecule has 1 saturated carbocycles. The molecule has 0 bridgehead atoms. The Labute approximate surface area is 83.4 Å². The van der Waals surface area contributed by atoms with E-state index in [1.54, 1.807) is 0 Å². The zero-order valence-electron chi connectivity index (χ0n) is 8.54. The number of carbonyl (C=O) groups excluding carboxylic acids is 2. The summed E-state index contributed by atoms with van der Waals surface area (Å²) in [6.45, 7) is 4.35. The van der Waals surface area contributed by atoms with Crippen LogP contribution in [0.1, 0.15) is 26.7 Å². The molecule has 0 aromatic carbocycles. The Morgan fingerprint density at radius 3 is 2.50 bits per heavy atom. The number of hydrogen-bond donors (Lipinski definition) is 2.